The Balaban J connectivity index is 1.96. The molecule has 19 heavy (non-hydrogen) atoms. The summed E-state index contributed by atoms with van der Waals surface area (Å²) in [6.45, 7) is 1.99. The van der Waals surface area contributed by atoms with Crippen LogP contribution in [0.25, 0.3) is 0 Å². The van der Waals surface area contributed by atoms with Gasteiger partial charge in [-0.2, -0.15) is 0 Å². The first-order valence-electron chi connectivity index (χ1n) is 7.05. The first-order chi connectivity index (χ1) is 9.13. The number of pyridine rings is 1. The fraction of sp³-hybridized carbons (Fsp3) is 0.600. The molecule has 0 bridgehead atoms. The van der Waals surface area contributed by atoms with E-state index in [4.69, 9.17) is 0 Å². The Morgan fingerprint density at radius 3 is 2.74 bits per heavy atom. The van der Waals surface area contributed by atoms with Gasteiger partial charge >= 0.3 is 0 Å². The summed E-state index contributed by atoms with van der Waals surface area (Å²) in [6, 6.07) is 3.82. The molecule has 0 unspecified atom stereocenters. The van der Waals surface area contributed by atoms with Crippen LogP contribution >= 0.6 is 0 Å². The molecule has 104 valence electrons. The number of nitrogens with zero attached hydrogens (tertiary/aromatic N) is 1. The number of nitrogens with one attached hydrogen (secondary N) is 2. The van der Waals surface area contributed by atoms with Gasteiger partial charge in [0.1, 0.15) is 5.82 Å². The van der Waals surface area contributed by atoms with Gasteiger partial charge in [-0.3, -0.25) is 4.79 Å². The van der Waals surface area contributed by atoms with Crippen molar-refractivity contribution in [1.29, 1.82) is 0 Å². The van der Waals surface area contributed by atoms with E-state index in [-0.39, 0.29) is 11.4 Å². The second-order valence-electron chi connectivity index (χ2n) is 5.53. The number of aromatic nitrogens is 1. The fourth-order valence-electron chi connectivity index (χ4n) is 2.84. The van der Waals surface area contributed by atoms with Gasteiger partial charge in [-0.25, -0.2) is 4.98 Å². The van der Waals surface area contributed by atoms with Crippen LogP contribution in [0.5, 0.6) is 0 Å². The third kappa shape index (κ3) is 3.77. The fourth-order valence-corrected chi connectivity index (χ4v) is 2.84. The Morgan fingerprint density at radius 1 is 1.37 bits per heavy atom. The first-order valence-corrected chi connectivity index (χ1v) is 7.05. The van der Waals surface area contributed by atoms with Crippen molar-refractivity contribution in [1.82, 2.24) is 10.3 Å². The largest absolute Gasteiger partial charge is 0.314 e. The highest BCUT2D eigenvalue weighted by Crippen LogP contribution is 2.30. The van der Waals surface area contributed by atoms with Gasteiger partial charge in [0.15, 0.2) is 0 Å². The maximum atomic E-state index is 12.2. The zero-order valence-electron chi connectivity index (χ0n) is 11.8. The Hall–Kier alpha value is -1.42. The molecule has 2 N–H and O–H groups in total. The molecule has 4 heteroatoms. The number of hydrogen-bond donors (Lipinski definition) is 2. The number of carbonyl (C=O) groups is 1. The van der Waals surface area contributed by atoms with E-state index in [1.165, 1.54) is 19.3 Å². The third-order valence-corrected chi connectivity index (χ3v) is 4.02. The molecule has 0 aliphatic heterocycles. The van der Waals surface area contributed by atoms with E-state index in [1.807, 2.05) is 26.1 Å². The van der Waals surface area contributed by atoms with Crippen molar-refractivity contribution in [3.8, 4) is 0 Å². The molecule has 0 aromatic carbocycles. The molecule has 0 saturated heterocycles. The summed E-state index contributed by atoms with van der Waals surface area (Å²) >= 11 is 0. The SMILES string of the molecule is CNC1(CC(=O)Nc2cc(C)ccn2)CCCCC1. The molecule has 0 spiro atoms. The van der Waals surface area contributed by atoms with Crippen LogP contribution < -0.4 is 10.6 Å². The normalized spacial score (nSPS) is 18.0. The number of anilines is 1. The lowest BCUT2D eigenvalue weighted by atomic mass is 9.79. The Bertz CT molecular complexity index is 439. The predicted octanol–water partition coefficient (Wildman–Crippen LogP) is 2.64. The van der Waals surface area contributed by atoms with Gasteiger partial charge in [-0.05, 0) is 44.5 Å². The van der Waals surface area contributed by atoms with Crippen LogP contribution in [0.15, 0.2) is 18.3 Å². The zero-order valence-corrected chi connectivity index (χ0v) is 11.8. The number of hydrogen-bond acceptors (Lipinski definition) is 3. The number of rotatable bonds is 4. The van der Waals surface area contributed by atoms with Crippen LogP contribution in [0.2, 0.25) is 0 Å². The molecular formula is C15H23N3O. The molecule has 1 fully saturated rings. The van der Waals surface area contributed by atoms with Crippen LogP contribution in [-0.4, -0.2) is 23.5 Å². The van der Waals surface area contributed by atoms with Gasteiger partial charge in [0.25, 0.3) is 0 Å². The van der Waals surface area contributed by atoms with Gasteiger partial charge in [0.2, 0.25) is 5.91 Å². The van der Waals surface area contributed by atoms with Crippen molar-refractivity contribution in [2.75, 3.05) is 12.4 Å². The lowest BCUT2D eigenvalue weighted by Gasteiger charge is -2.36. The molecule has 1 aromatic heterocycles. The lowest BCUT2D eigenvalue weighted by Crippen LogP contribution is -2.47. The molecule has 1 aliphatic carbocycles. The summed E-state index contributed by atoms with van der Waals surface area (Å²) < 4.78 is 0. The van der Waals surface area contributed by atoms with Crippen LogP contribution in [-0.2, 0) is 4.79 Å². The molecule has 0 radical (unpaired) electrons. The van der Waals surface area contributed by atoms with E-state index in [9.17, 15) is 4.79 Å². The maximum Gasteiger partial charge on any atom is 0.227 e. The van der Waals surface area contributed by atoms with Gasteiger partial charge in [0, 0.05) is 18.2 Å². The molecular weight excluding hydrogens is 238 g/mol. The van der Waals surface area contributed by atoms with Crippen LogP contribution in [0.1, 0.15) is 44.1 Å². The van der Waals surface area contributed by atoms with E-state index in [1.54, 1.807) is 6.20 Å². The highest BCUT2D eigenvalue weighted by molar-refractivity contribution is 5.90. The van der Waals surface area contributed by atoms with Crippen molar-refractivity contribution >= 4 is 11.7 Å². The molecule has 1 heterocycles. The standard InChI is InChI=1S/C15H23N3O/c1-12-6-9-17-13(10-12)18-14(19)11-15(16-2)7-4-3-5-8-15/h6,9-10,16H,3-5,7-8,11H2,1-2H3,(H,17,18,19). The van der Waals surface area contributed by atoms with E-state index in [0.29, 0.717) is 12.2 Å². The number of amides is 1. The van der Waals surface area contributed by atoms with Gasteiger partial charge < -0.3 is 10.6 Å². The minimum Gasteiger partial charge on any atom is -0.314 e. The average molecular weight is 261 g/mol. The zero-order chi connectivity index (χ0) is 13.7. The summed E-state index contributed by atoms with van der Waals surface area (Å²) in [5.74, 6) is 0.696. The molecule has 0 atom stereocenters. The Morgan fingerprint density at radius 2 is 2.11 bits per heavy atom. The van der Waals surface area contributed by atoms with Crippen molar-refractivity contribution in [3.63, 3.8) is 0 Å². The van der Waals surface area contributed by atoms with Crippen LogP contribution in [0.3, 0.4) is 0 Å². The molecule has 1 amide bonds. The molecule has 1 saturated carbocycles. The first kappa shape index (κ1) is 14.0. The minimum absolute atomic E-state index is 0.0217. The number of aryl methyl sites for hydroxylation is 1. The second-order valence-corrected chi connectivity index (χ2v) is 5.53. The van der Waals surface area contributed by atoms with E-state index in [2.05, 4.69) is 15.6 Å². The predicted molar refractivity (Wildman–Crippen MR) is 77.1 cm³/mol. The summed E-state index contributed by atoms with van der Waals surface area (Å²) in [5, 5.41) is 6.26. The van der Waals surface area contributed by atoms with Crippen molar-refractivity contribution < 1.29 is 4.79 Å². The highest BCUT2D eigenvalue weighted by Gasteiger charge is 2.32. The maximum absolute atomic E-state index is 12.2. The van der Waals surface area contributed by atoms with Gasteiger partial charge in [-0.1, -0.05) is 19.3 Å². The van der Waals surface area contributed by atoms with Gasteiger partial charge in [-0.15, -0.1) is 0 Å². The topological polar surface area (TPSA) is 54.0 Å². The molecule has 4 nitrogen and oxygen atoms in total. The van der Waals surface area contributed by atoms with E-state index in [0.717, 1.165) is 18.4 Å². The minimum atomic E-state index is -0.0217. The second kappa shape index (κ2) is 6.15. The lowest BCUT2D eigenvalue weighted by molar-refractivity contribution is -0.117. The quantitative estimate of drug-likeness (QED) is 0.876. The third-order valence-electron chi connectivity index (χ3n) is 4.02. The van der Waals surface area contributed by atoms with Crippen molar-refractivity contribution in [2.45, 2.75) is 51.0 Å². The molecule has 1 aliphatic rings. The summed E-state index contributed by atoms with van der Waals surface area (Å²) in [7, 11) is 1.96. The van der Waals surface area contributed by atoms with E-state index < -0.39 is 0 Å². The smallest absolute Gasteiger partial charge is 0.227 e. The molecule has 1 aromatic rings. The van der Waals surface area contributed by atoms with Crippen molar-refractivity contribution in [2.24, 2.45) is 0 Å². The van der Waals surface area contributed by atoms with Crippen LogP contribution in [0.4, 0.5) is 5.82 Å². The van der Waals surface area contributed by atoms with Gasteiger partial charge in [0.05, 0.1) is 0 Å². The average Bonchev–Trinajstić information content (AvgIpc) is 2.39. The summed E-state index contributed by atoms with van der Waals surface area (Å²) in [4.78, 5) is 16.3. The number of carbonyl (C=O) groups excluding carboxylic acids is 1. The Kier molecular flexibility index (Phi) is 4.53. The molecule has 2 rings (SSSR count). The summed E-state index contributed by atoms with van der Waals surface area (Å²) in [5.41, 5.74) is 1.08. The van der Waals surface area contributed by atoms with Crippen LogP contribution in [0, 0.1) is 6.92 Å². The highest BCUT2D eigenvalue weighted by atomic mass is 16.1. The summed E-state index contributed by atoms with van der Waals surface area (Å²) in [6.07, 6.45) is 8.10. The van der Waals surface area contributed by atoms with Crippen molar-refractivity contribution in [3.05, 3.63) is 23.9 Å². The Labute approximate surface area is 115 Å². The monoisotopic (exact) mass is 261 g/mol. The van der Waals surface area contributed by atoms with E-state index >= 15 is 0 Å².